The number of hydrogen-bond donors (Lipinski definition) is 2. The lowest BCUT2D eigenvalue weighted by Crippen LogP contribution is -2.48. The maximum absolute atomic E-state index is 14.2. The van der Waals surface area contributed by atoms with E-state index >= 15 is 0 Å². The molecule has 0 unspecified atom stereocenters. The molecule has 58 heavy (non-hydrogen) atoms. The van der Waals surface area contributed by atoms with Gasteiger partial charge in [-0.15, -0.1) is 0 Å². The van der Waals surface area contributed by atoms with Gasteiger partial charge >= 0.3 is 6.09 Å². The Bertz CT molecular complexity index is 2140. The molecule has 0 radical (unpaired) electrons. The number of alkyl carbamates (subject to hydrolysis) is 1. The Kier molecular flexibility index (Phi) is 11.9. The number of rotatable bonds is 12. The normalized spacial score (nSPS) is 22.3. The molecule has 8 rings (SSSR count). The summed E-state index contributed by atoms with van der Waals surface area (Å²) in [5, 5.41) is 2.88. The summed E-state index contributed by atoms with van der Waals surface area (Å²) in [7, 11) is 1.36. The van der Waals surface area contributed by atoms with Crippen molar-refractivity contribution in [2.45, 2.75) is 89.4 Å². The zero-order valence-electron chi connectivity index (χ0n) is 33.9. The van der Waals surface area contributed by atoms with Gasteiger partial charge in [0.15, 0.2) is 0 Å². The number of amides is 3. The van der Waals surface area contributed by atoms with Gasteiger partial charge in [0.2, 0.25) is 11.8 Å². The predicted octanol–water partition coefficient (Wildman–Crippen LogP) is 8.19. The van der Waals surface area contributed by atoms with Crippen LogP contribution in [0.2, 0.25) is 0 Å². The van der Waals surface area contributed by atoms with E-state index in [9.17, 15) is 14.4 Å². The summed E-state index contributed by atoms with van der Waals surface area (Å²) >= 11 is 0. The Morgan fingerprint density at radius 1 is 0.810 bits per heavy atom. The number of imidazole rings is 1. The van der Waals surface area contributed by atoms with Crippen molar-refractivity contribution < 1.29 is 19.1 Å². The number of allylic oxidation sites excluding steroid dienone is 1. The Labute approximate surface area is 341 Å². The van der Waals surface area contributed by atoms with Crippen LogP contribution < -0.4 is 5.32 Å². The van der Waals surface area contributed by atoms with Crippen molar-refractivity contribution in [1.29, 1.82) is 0 Å². The topological polar surface area (TPSA) is 123 Å². The van der Waals surface area contributed by atoms with Crippen LogP contribution in [0, 0.1) is 5.92 Å². The molecule has 3 fully saturated rings. The average molecular weight is 782 g/mol. The molecular formula is C47H55N7O4. The summed E-state index contributed by atoms with van der Waals surface area (Å²) in [5.41, 5.74) is 8.59. The van der Waals surface area contributed by atoms with E-state index in [0.717, 1.165) is 128 Å². The number of methoxy groups -OCH3 is 1. The standard InChI is InChI=1S/C47H55N7O4/c1-4-52(5-2)43(35-12-7-6-8-13-35)46(56)54-27-11-17-42(54)44-49-30-40(50-44)34-24-22-32(23-25-34)31-18-20-33(21-19-31)36-28-39(48-29-36)41-16-10-26-53(41)45(55)37-14-9-15-38(37)51-47(57)58-3/h6-8,12-13,18-25,29-30,37-38,41-43H,4-5,9-11,14-17,26-28H2,1-3H3,(H,49,50)(H,51,57)/t37-,38-,41+,42+,43-/m1/s1. The van der Waals surface area contributed by atoms with Crippen molar-refractivity contribution in [2.24, 2.45) is 10.9 Å². The molecule has 4 aliphatic rings. The van der Waals surface area contributed by atoms with Crippen LogP contribution in [-0.2, 0) is 14.3 Å². The number of nitrogens with one attached hydrogen (secondary N) is 2. The highest BCUT2D eigenvalue weighted by Crippen LogP contribution is 2.37. The number of carbonyl (C=O) groups is 3. The van der Waals surface area contributed by atoms with Crippen LogP contribution in [0.4, 0.5) is 4.79 Å². The average Bonchev–Trinajstić information content (AvgIpc) is 4.12. The molecule has 3 aliphatic heterocycles. The number of H-pyrrole nitrogens is 1. The van der Waals surface area contributed by atoms with Gasteiger partial charge in [0, 0.05) is 37.5 Å². The van der Waals surface area contributed by atoms with Gasteiger partial charge in [-0.2, -0.15) is 0 Å². The van der Waals surface area contributed by atoms with E-state index in [1.54, 1.807) is 0 Å². The summed E-state index contributed by atoms with van der Waals surface area (Å²) in [6.07, 6.45) is 10.3. The first kappa shape index (κ1) is 39.3. The van der Waals surface area contributed by atoms with E-state index < -0.39 is 6.09 Å². The molecule has 4 heterocycles. The highest BCUT2D eigenvalue weighted by atomic mass is 16.5. The molecule has 5 atom stereocenters. The molecule has 302 valence electrons. The molecule has 2 saturated heterocycles. The second-order valence-corrected chi connectivity index (χ2v) is 16.0. The Morgan fingerprint density at radius 3 is 2.16 bits per heavy atom. The number of aliphatic imine (C=N–C) groups is 1. The van der Waals surface area contributed by atoms with E-state index in [-0.39, 0.29) is 41.9 Å². The maximum Gasteiger partial charge on any atom is 0.407 e. The minimum absolute atomic E-state index is 0.00601. The largest absolute Gasteiger partial charge is 0.453 e. The number of ether oxygens (including phenoxy) is 1. The smallest absolute Gasteiger partial charge is 0.407 e. The highest BCUT2D eigenvalue weighted by molar-refractivity contribution is 6.03. The Morgan fingerprint density at radius 2 is 1.47 bits per heavy atom. The minimum Gasteiger partial charge on any atom is -0.453 e. The van der Waals surface area contributed by atoms with Crippen LogP contribution in [0.15, 0.2) is 96.3 Å². The first-order valence-electron chi connectivity index (χ1n) is 21.1. The van der Waals surface area contributed by atoms with Gasteiger partial charge in [-0.05, 0) is 85.0 Å². The molecule has 1 saturated carbocycles. The maximum atomic E-state index is 14.2. The Hall–Kier alpha value is -5.55. The number of nitrogens with zero attached hydrogens (tertiary/aromatic N) is 5. The number of carbonyl (C=O) groups excluding carboxylic acids is 3. The molecule has 4 aromatic rings. The second kappa shape index (κ2) is 17.5. The summed E-state index contributed by atoms with van der Waals surface area (Å²) < 4.78 is 4.81. The van der Waals surface area contributed by atoms with Crippen molar-refractivity contribution in [1.82, 2.24) is 30.0 Å². The van der Waals surface area contributed by atoms with Crippen LogP contribution >= 0.6 is 0 Å². The number of benzene rings is 3. The number of aromatic amines is 1. The first-order chi connectivity index (χ1) is 28.4. The van der Waals surface area contributed by atoms with Crippen molar-refractivity contribution in [2.75, 3.05) is 33.3 Å². The monoisotopic (exact) mass is 781 g/mol. The second-order valence-electron chi connectivity index (χ2n) is 16.0. The SMILES string of the molecule is CCN(CC)[C@@H](C(=O)N1CCC[C@H]1c1ncc(-c2ccc(-c3ccc(C4=CN=C([C@@H]5CCCN5C(=O)[C@@H]5CCC[C@H]5NC(=O)OC)C4)cc3)cc2)[nH]1)c1ccccc1. The lowest BCUT2D eigenvalue weighted by molar-refractivity contribution is -0.138. The van der Waals surface area contributed by atoms with Crippen molar-refractivity contribution in [3.05, 3.63) is 108 Å². The van der Waals surface area contributed by atoms with Gasteiger partial charge in [-0.1, -0.05) is 99.1 Å². The summed E-state index contributed by atoms with van der Waals surface area (Å²) in [4.78, 5) is 59.4. The number of likely N-dealkylation sites (N-methyl/N-ethyl adjacent to an activating group) is 1. The molecule has 11 heteroatoms. The van der Waals surface area contributed by atoms with Crippen LogP contribution in [0.5, 0.6) is 0 Å². The van der Waals surface area contributed by atoms with Gasteiger partial charge in [0.1, 0.15) is 11.9 Å². The third-order valence-corrected chi connectivity index (χ3v) is 12.8. The molecular weight excluding hydrogens is 727 g/mol. The van der Waals surface area contributed by atoms with Gasteiger partial charge in [0.25, 0.3) is 0 Å². The fourth-order valence-corrected chi connectivity index (χ4v) is 9.63. The third kappa shape index (κ3) is 7.97. The lowest BCUT2D eigenvalue weighted by Gasteiger charge is -2.34. The molecule has 0 bridgehead atoms. The highest BCUT2D eigenvalue weighted by Gasteiger charge is 2.42. The van der Waals surface area contributed by atoms with Crippen LogP contribution in [0.1, 0.15) is 94.2 Å². The number of likely N-dealkylation sites (tertiary alicyclic amines) is 2. The van der Waals surface area contributed by atoms with E-state index in [0.29, 0.717) is 0 Å². The van der Waals surface area contributed by atoms with E-state index in [1.807, 2.05) is 40.4 Å². The molecule has 3 aromatic carbocycles. The van der Waals surface area contributed by atoms with Crippen molar-refractivity contribution >= 4 is 29.2 Å². The van der Waals surface area contributed by atoms with E-state index in [1.165, 1.54) is 7.11 Å². The van der Waals surface area contributed by atoms with E-state index in [2.05, 4.69) is 89.7 Å². The molecule has 1 aromatic heterocycles. The Balaban J connectivity index is 0.891. The fourth-order valence-electron chi connectivity index (χ4n) is 9.63. The van der Waals surface area contributed by atoms with Gasteiger partial charge in [-0.25, -0.2) is 9.78 Å². The van der Waals surface area contributed by atoms with Gasteiger partial charge in [0.05, 0.1) is 37.0 Å². The zero-order chi connectivity index (χ0) is 40.2. The first-order valence-corrected chi connectivity index (χ1v) is 21.1. The molecule has 1 aliphatic carbocycles. The molecule has 2 N–H and O–H groups in total. The summed E-state index contributed by atoms with van der Waals surface area (Å²) in [6, 6.07) is 26.7. The quantitative estimate of drug-likeness (QED) is 0.150. The minimum atomic E-state index is -0.478. The molecule has 3 amide bonds. The van der Waals surface area contributed by atoms with Gasteiger partial charge in [-0.3, -0.25) is 19.5 Å². The molecule has 0 spiro atoms. The fraction of sp³-hybridized carbons (Fsp3) is 0.426. The van der Waals surface area contributed by atoms with Crippen molar-refractivity contribution in [3.63, 3.8) is 0 Å². The van der Waals surface area contributed by atoms with Gasteiger partial charge < -0.3 is 24.8 Å². The van der Waals surface area contributed by atoms with Crippen LogP contribution in [-0.4, -0.2) is 93.7 Å². The number of hydrogen-bond acceptors (Lipinski definition) is 7. The van der Waals surface area contributed by atoms with E-state index in [4.69, 9.17) is 14.7 Å². The van der Waals surface area contributed by atoms with Crippen LogP contribution in [0.25, 0.3) is 28.0 Å². The third-order valence-electron chi connectivity index (χ3n) is 12.8. The predicted molar refractivity (Wildman–Crippen MR) is 227 cm³/mol. The van der Waals surface area contributed by atoms with Crippen LogP contribution in [0.3, 0.4) is 0 Å². The molecule has 11 nitrogen and oxygen atoms in total. The van der Waals surface area contributed by atoms with Crippen molar-refractivity contribution in [3.8, 4) is 22.4 Å². The zero-order valence-corrected chi connectivity index (χ0v) is 33.9. The summed E-state index contributed by atoms with van der Waals surface area (Å²) in [5.74, 6) is 0.878. The lowest BCUT2D eigenvalue weighted by atomic mass is 9.95. The summed E-state index contributed by atoms with van der Waals surface area (Å²) in [6.45, 7) is 7.27. The number of aromatic nitrogens is 2.